The second-order valence-electron chi connectivity index (χ2n) is 4.11. The highest BCUT2D eigenvalue weighted by Gasteiger charge is 2.23. The van der Waals surface area contributed by atoms with Gasteiger partial charge < -0.3 is 14.0 Å². The molecule has 0 saturated carbocycles. The molecule has 18 heavy (non-hydrogen) atoms. The molecule has 4 nitrogen and oxygen atoms in total. The van der Waals surface area contributed by atoms with Crippen molar-refractivity contribution in [1.82, 2.24) is 0 Å². The van der Waals surface area contributed by atoms with Crippen LogP contribution in [0.3, 0.4) is 0 Å². The average molecular weight is 263 g/mol. The number of rotatable bonds is 4. The van der Waals surface area contributed by atoms with Gasteiger partial charge in [0.05, 0.1) is 6.61 Å². The van der Waals surface area contributed by atoms with Gasteiger partial charge in [0.25, 0.3) is 0 Å². The first kappa shape index (κ1) is 11.6. The van der Waals surface area contributed by atoms with Crippen molar-refractivity contribution in [3.63, 3.8) is 0 Å². The molecular formula is C13H11O4S-. The SMILES string of the molecule is O=S([O-])c1ccc(OCC2CO2)c2ccccc12. The van der Waals surface area contributed by atoms with E-state index < -0.39 is 11.1 Å². The van der Waals surface area contributed by atoms with Gasteiger partial charge in [0.15, 0.2) is 0 Å². The van der Waals surface area contributed by atoms with E-state index in [1.165, 1.54) is 0 Å². The first-order chi connectivity index (χ1) is 8.75. The summed E-state index contributed by atoms with van der Waals surface area (Å²) in [5, 5.41) is 1.49. The fourth-order valence-electron chi connectivity index (χ4n) is 1.86. The molecule has 2 unspecified atom stereocenters. The Morgan fingerprint density at radius 2 is 2.00 bits per heavy atom. The van der Waals surface area contributed by atoms with Crippen molar-refractivity contribution in [3.05, 3.63) is 36.4 Å². The maximum atomic E-state index is 11.1. The molecule has 3 rings (SSSR count). The molecule has 1 aliphatic heterocycles. The van der Waals surface area contributed by atoms with Gasteiger partial charge in [0, 0.05) is 15.7 Å². The van der Waals surface area contributed by atoms with Gasteiger partial charge in [-0.3, -0.25) is 4.21 Å². The van der Waals surface area contributed by atoms with Crippen molar-refractivity contribution in [2.75, 3.05) is 13.2 Å². The van der Waals surface area contributed by atoms with Gasteiger partial charge in [0.1, 0.15) is 18.5 Å². The fraction of sp³-hybridized carbons (Fsp3) is 0.231. The number of ether oxygens (including phenoxy) is 2. The fourth-order valence-corrected chi connectivity index (χ4v) is 2.40. The molecule has 1 aliphatic rings. The van der Waals surface area contributed by atoms with Crippen molar-refractivity contribution in [2.45, 2.75) is 11.0 Å². The summed E-state index contributed by atoms with van der Waals surface area (Å²) in [6.45, 7) is 1.24. The molecule has 94 valence electrons. The van der Waals surface area contributed by atoms with E-state index in [0.717, 1.165) is 12.0 Å². The molecule has 0 amide bonds. The number of hydrogen-bond acceptors (Lipinski definition) is 4. The monoisotopic (exact) mass is 263 g/mol. The summed E-state index contributed by atoms with van der Waals surface area (Å²) >= 11 is -2.24. The van der Waals surface area contributed by atoms with Crippen molar-refractivity contribution < 1.29 is 18.2 Å². The Labute approximate surface area is 107 Å². The Bertz CT molecular complexity index is 607. The van der Waals surface area contributed by atoms with Gasteiger partial charge in [-0.25, -0.2) is 0 Å². The zero-order chi connectivity index (χ0) is 12.5. The van der Waals surface area contributed by atoms with E-state index >= 15 is 0 Å². The lowest BCUT2D eigenvalue weighted by atomic mass is 10.1. The standard InChI is InChI=1S/C13H12O4S/c14-18(15)13-6-5-12(17-8-9-7-16-9)10-3-1-2-4-11(10)13/h1-6,9H,7-8H2,(H,14,15)/p-1. The Kier molecular flexibility index (Phi) is 3.03. The normalized spacial score (nSPS) is 19.7. The van der Waals surface area contributed by atoms with E-state index in [4.69, 9.17) is 9.47 Å². The zero-order valence-electron chi connectivity index (χ0n) is 9.50. The Balaban J connectivity index is 2.04. The van der Waals surface area contributed by atoms with E-state index in [1.54, 1.807) is 18.2 Å². The Morgan fingerprint density at radius 1 is 1.28 bits per heavy atom. The molecule has 1 heterocycles. The predicted molar refractivity (Wildman–Crippen MR) is 66.4 cm³/mol. The van der Waals surface area contributed by atoms with Gasteiger partial charge in [0.2, 0.25) is 0 Å². The van der Waals surface area contributed by atoms with Crippen LogP contribution in [-0.2, 0) is 15.8 Å². The lowest BCUT2D eigenvalue weighted by molar-refractivity contribution is 0.265. The van der Waals surface area contributed by atoms with Gasteiger partial charge in [-0.15, -0.1) is 0 Å². The van der Waals surface area contributed by atoms with Crippen LogP contribution in [0.2, 0.25) is 0 Å². The molecule has 2 aromatic carbocycles. The van der Waals surface area contributed by atoms with Gasteiger partial charge >= 0.3 is 0 Å². The van der Waals surface area contributed by atoms with E-state index in [9.17, 15) is 8.76 Å². The van der Waals surface area contributed by atoms with Crippen LogP contribution in [0.4, 0.5) is 0 Å². The summed E-state index contributed by atoms with van der Waals surface area (Å²) in [7, 11) is 0. The van der Waals surface area contributed by atoms with Gasteiger partial charge in [-0.2, -0.15) is 0 Å². The van der Waals surface area contributed by atoms with E-state index in [0.29, 0.717) is 22.6 Å². The molecule has 0 radical (unpaired) electrons. The third-order valence-electron chi connectivity index (χ3n) is 2.85. The summed E-state index contributed by atoms with van der Waals surface area (Å²) in [4.78, 5) is 0.292. The molecule has 0 spiro atoms. The number of fused-ring (bicyclic) bond motifs is 1. The van der Waals surface area contributed by atoms with Gasteiger partial charge in [-0.05, 0) is 23.2 Å². The van der Waals surface area contributed by atoms with Crippen molar-refractivity contribution in [1.29, 1.82) is 0 Å². The zero-order valence-corrected chi connectivity index (χ0v) is 10.3. The van der Waals surface area contributed by atoms with Crippen LogP contribution in [0, 0.1) is 0 Å². The molecular weight excluding hydrogens is 252 g/mol. The van der Waals surface area contributed by atoms with E-state index in [1.807, 2.05) is 18.2 Å². The van der Waals surface area contributed by atoms with Crippen LogP contribution in [0.25, 0.3) is 10.8 Å². The van der Waals surface area contributed by atoms with Crippen LogP contribution < -0.4 is 4.74 Å². The lowest BCUT2D eigenvalue weighted by Crippen LogP contribution is -2.04. The molecule has 0 N–H and O–H groups in total. The third kappa shape index (κ3) is 2.25. The second-order valence-corrected chi connectivity index (χ2v) is 5.02. The minimum Gasteiger partial charge on any atom is -0.768 e. The summed E-state index contributed by atoms with van der Waals surface area (Å²) < 4.78 is 33.0. The van der Waals surface area contributed by atoms with E-state index in [-0.39, 0.29) is 6.10 Å². The molecule has 1 fully saturated rings. The predicted octanol–water partition coefficient (Wildman–Crippen LogP) is 1.86. The molecule has 1 saturated heterocycles. The Hall–Kier alpha value is -1.43. The summed E-state index contributed by atoms with van der Waals surface area (Å²) in [5.41, 5.74) is 0. The summed E-state index contributed by atoms with van der Waals surface area (Å²) in [5.74, 6) is 0.690. The average Bonchev–Trinajstić information content (AvgIpc) is 3.19. The van der Waals surface area contributed by atoms with Gasteiger partial charge in [-0.1, -0.05) is 24.3 Å². The van der Waals surface area contributed by atoms with Crippen LogP contribution >= 0.6 is 0 Å². The van der Waals surface area contributed by atoms with E-state index in [2.05, 4.69) is 0 Å². The molecule has 0 aromatic heterocycles. The van der Waals surface area contributed by atoms with Crippen LogP contribution in [0.15, 0.2) is 41.3 Å². The summed E-state index contributed by atoms with van der Waals surface area (Å²) in [6.07, 6.45) is 0.178. The summed E-state index contributed by atoms with van der Waals surface area (Å²) in [6, 6.07) is 10.6. The smallest absolute Gasteiger partial charge is 0.127 e. The highest BCUT2D eigenvalue weighted by molar-refractivity contribution is 7.79. The molecule has 0 bridgehead atoms. The molecule has 2 aromatic rings. The van der Waals surface area contributed by atoms with Crippen molar-refractivity contribution in [2.24, 2.45) is 0 Å². The van der Waals surface area contributed by atoms with Crippen molar-refractivity contribution >= 4 is 21.9 Å². The lowest BCUT2D eigenvalue weighted by Gasteiger charge is -2.13. The molecule has 2 atom stereocenters. The quantitative estimate of drug-likeness (QED) is 0.624. The highest BCUT2D eigenvalue weighted by atomic mass is 32.2. The molecule has 0 aliphatic carbocycles. The van der Waals surface area contributed by atoms with Crippen LogP contribution in [0.5, 0.6) is 5.75 Å². The maximum Gasteiger partial charge on any atom is 0.127 e. The topological polar surface area (TPSA) is 61.9 Å². The second kappa shape index (κ2) is 4.68. The number of hydrogen-bond donors (Lipinski definition) is 0. The largest absolute Gasteiger partial charge is 0.768 e. The van der Waals surface area contributed by atoms with Crippen molar-refractivity contribution in [3.8, 4) is 5.75 Å². The first-order valence-electron chi connectivity index (χ1n) is 5.61. The maximum absolute atomic E-state index is 11.1. The van der Waals surface area contributed by atoms with Crippen LogP contribution in [0.1, 0.15) is 0 Å². The Morgan fingerprint density at radius 3 is 2.67 bits per heavy atom. The minimum absolute atomic E-state index is 0.178. The van der Waals surface area contributed by atoms with Crippen LogP contribution in [-0.4, -0.2) is 28.1 Å². The third-order valence-corrected chi connectivity index (χ3v) is 3.57. The number of benzene rings is 2. The highest BCUT2D eigenvalue weighted by Crippen LogP contribution is 2.30. The minimum atomic E-state index is -2.24. The molecule has 5 heteroatoms. The first-order valence-corrected chi connectivity index (χ1v) is 6.68. The number of epoxide rings is 1.